The van der Waals surface area contributed by atoms with Crippen molar-refractivity contribution in [2.75, 3.05) is 13.2 Å². The normalized spacial score (nSPS) is 14.3. The Morgan fingerprint density at radius 1 is 1.05 bits per heavy atom. The third kappa shape index (κ3) is 12.3. The van der Waals surface area contributed by atoms with E-state index in [4.69, 9.17) is 14.9 Å². The van der Waals surface area contributed by atoms with Gasteiger partial charge in [0.05, 0.1) is 13.2 Å². The fourth-order valence-corrected chi connectivity index (χ4v) is 1.92. The van der Waals surface area contributed by atoms with Gasteiger partial charge in [-0.15, -0.1) is 0 Å². The summed E-state index contributed by atoms with van der Waals surface area (Å²) in [7, 11) is 0. The largest absolute Gasteiger partial charge is 0.394 e. The topological polar surface area (TPSA) is 66.8 Å². The predicted octanol–water partition coefficient (Wildman–Crippen LogP) is 2.37. The van der Waals surface area contributed by atoms with Gasteiger partial charge in [0.1, 0.15) is 12.2 Å². The highest BCUT2D eigenvalue weighted by Gasteiger charge is 2.11. The molecule has 2 atom stereocenters. The molecule has 0 aliphatic carbocycles. The number of aliphatic hydroxyl groups excluding tert-OH is 2. The van der Waals surface area contributed by atoms with Gasteiger partial charge in [-0.1, -0.05) is 58.3 Å². The molecule has 0 saturated heterocycles. The van der Waals surface area contributed by atoms with Gasteiger partial charge in [0.15, 0.2) is 0 Å². The van der Waals surface area contributed by atoms with Crippen molar-refractivity contribution in [3.63, 3.8) is 0 Å². The molecule has 0 aromatic heterocycles. The van der Waals surface area contributed by atoms with E-state index in [0.717, 1.165) is 12.8 Å². The minimum Gasteiger partial charge on any atom is -0.394 e. The van der Waals surface area contributed by atoms with E-state index in [9.17, 15) is 4.79 Å². The molecule has 4 nitrogen and oxygen atoms in total. The number of aliphatic hydroxyl groups is 2. The maximum absolute atomic E-state index is 10.6. The number of rotatable bonds is 14. The summed E-state index contributed by atoms with van der Waals surface area (Å²) in [5, 5.41) is 17.7. The lowest BCUT2D eigenvalue weighted by atomic mass is 10.1. The van der Waals surface area contributed by atoms with E-state index >= 15 is 0 Å². The first-order valence-electron chi connectivity index (χ1n) is 7.52. The minimum atomic E-state index is -0.908. The van der Waals surface area contributed by atoms with Crippen molar-refractivity contribution in [1.29, 1.82) is 0 Å². The van der Waals surface area contributed by atoms with Crippen LogP contribution in [0.15, 0.2) is 0 Å². The van der Waals surface area contributed by atoms with E-state index in [1.807, 2.05) is 6.29 Å². The number of hydrogen-bond donors (Lipinski definition) is 2. The SMILES string of the molecule is CCCCCCCCCCC([C]=O)OCC(O)CO. The van der Waals surface area contributed by atoms with Gasteiger partial charge in [-0.05, 0) is 6.42 Å². The third-order valence-electron chi connectivity index (χ3n) is 3.15. The van der Waals surface area contributed by atoms with E-state index in [2.05, 4.69) is 6.92 Å². The van der Waals surface area contributed by atoms with Gasteiger partial charge in [0.25, 0.3) is 0 Å². The monoisotopic (exact) mass is 273 g/mol. The Balaban J connectivity index is 3.38. The van der Waals surface area contributed by atoms with Crippen LogP contribution >= 0.6 is 0 Å². The summed E-state index contributed by atoms with van der Waals surface area (Å²) in [5.74, 6) is 0. The zero-order chi connectivity index (χ0) is 14.3. The summed E-state index contributed by atoms with van der Waals surface area (Å²) < 4.78 is 5.17. The summed E-state index contributed by atoms with van der Waals surface area (Å²) >= 11 is 0. The molecule has 0 aromatic rings. The van der Waals surface area contributed by atoms with Crippen molar-refractivity contribution >= 4 is 6.29 Å². The van der Waals surface area contributed by atoms with Gasteiger partial charge in [-0.2, -0.15) is 0 Å². The fourth-order valence-electron chi connectivity index (χ4n) is 1.92. The fraction of sp³-hybridized carbons (Fsp3) is 0.933. The lowest BCUT2D eigenvalue weighted by Crippen LogP contribution is -2.25. The average Bonchev–Trinajstić information content (AvgIpc) is 2.44. The van der Waals surface area contributed by atoms with Crippen molar-refractivity contribution in [2.45, 2.75) is 76.9 Å². The first-order chi connectivity index (χ1) is 9.24. The van der Waals surface area contributed by atoms with Gasteiger partial charge in [0, 0.05) is 0 Å². The smallest absolute Gasteiger partial charge is 0.229 e. The standard InChI is InChI=1S/C15H29O4/c1-2-3-4-5-6-7-8-9-10-15(12-17)19-13-14(18)11-16/h14-16,18H,2-11,13H2,1H3. The van der Waals surface area contributed by atoms with E-state index in [1.165, 1.54) is 38.5 Å². The molecule has 0 bridgehead atoms. The lowest BCUT2D eigenvalue weighted by Gasteiger charge is -2.13. The molecule has 0 aliphatic rings. The van der Waals surface area contributed by atoms with Crippen molar-refractivity contribution < 1.29 is 19.7 Å². The molecule has 0 spiro atoms. The highest BCUT2D eigenvalue weighted by molar-refractivity contribution is 5.56. The van der Waals surface area contributed by atoms with Gasteiger partial charge in [-0.25, -0.2) is 0 Å². The molecule has 2 unspecified atom stereocenters. The molecule has 1 radical (unpaired) electrons. The van der Waals surface area contributed by atoms with Crippen LogP contribution < -0.4 is 0 Å². The van der Waals surface area contributed by atoms with E-state index < -0.39 is 12.2 Å². The van der Waals surface area contributed by atoms with Crippen molar-refractivity contribution in [3.8, 4) is 0 Å². The Hall–Kier alpha value is -0.450. The van der Waals surface area contributed by atoms with Crippen LogP contribution in [0.5, 0.6) is 0 Å². The van der Waals surface area contributed by atoms with Crippen LogP contribution in [0.2, 0.25) is 0 Å². The molecule has 4 heteroatoms. The Morgan fingerprint density at radius 2 is 1.63 bits per heavy atom. The molecular weight excluding hydrogens is 244 g/mol. The van der Waals surface area contributed by atoms with Crippen molar-refractivity contribution in [3.05, 3.63) is 0 Å². The second-order valence-corrected chi connectivity index (χ2v) is 5.04. The highest BCUT2D eigenvalue weighted by atomic mass is 16.5. The summed E-state index contributed by atoms with van der Waals surface area (Å²) in [6, 6.07) is 0. The third-order valence-corrected chi connectivity index (χ3v) is 3.15. The maximum atomic E-state index is 10.6. The molecule has 0 aliphatic heterocycles. The number of unbranched alkanes of at least 4 members (excludes halogenated alkanes) is 7. The van der Waals surface area contributed by atoms with Crippen LogP contribution in [-0.2, 0) is 9.53 Å². The van der Waals surface area contributed by atoms with Gasteiger partial charge >= 0.3 is 0 Å². The molecule has 0 saturated carbocycles. The molecule has 0 rings (SSSR count). The second-order valence-electron chi connectivity index (χ2n) is 5.04. The number of carbonyl (C=O) groups excluding carboxylic acids is 1. The van der Waals surface area contributed by atoms with E-state index in [0.29, 0.717) is 6.42 Å². The van der Waals surface area contributed by atoms with Gasteiger partial charge < -0.3 is 14.9 Å². The average molecular weight is 273 g/mol. The molecule has 0 fully saturated rings. The molecule has 2 N–H and O–H groups in total. The Morgan fingerprint density at radius 3 is 2.16 bits per heavy atom. The molecule has 113 valence electrons. The van der Waals surface area contributed by atoms with Crippen LogP contribution in [0.4, 0.5) is 0 Å². The lowest BCUT2D eigenvalue weighted by molar-refractivity contribution is -0.0112. The Labute approximate surface area is 117 Å². The summed E-state index contributed by atoms with van der Waals surface area (Å²) in [4.78, 5) is 10.6. The van der Waals surface area contributed by atoms with E-state index in [1.54, 1.807) is 0 Å². The molecule has 19 heavy (non-hydrogen) atoms. The number of ether oxygens (including phenoxy) is 1. The molecule has 0 aromatic carbocycles. The minimum absolute atomic E-state index is 0.00652. The maximum Gasteiger partial charge on any atom is 0.229 e. The predicted molar refractivity (Wildman–Crippen MR) is 75.8 cm³/mol. The van der Waals surface area contributed by atoms with Gasteiger partial charge in [0.2, 0.25) is 6.29 Å². The van der Waals surface area contributed by atoms with Crippen LogP contribution in [0.3, 0.4) is 0 Å². The van der Waals surface area contributed by atoms with Crippen LogP contribution in [-0.4, -0.2) is 41.9 Å². The summed E-state index contributed by atoms with van der Waals surface area (Å²) in [6.45, 7) is 1.86. The Bertz CT molecular complexity index is 197. The highest BCUT2D eigenvalue weighted by Crippen LogP contribution is 2.11. The molecular formula is C15H29O4. The zero-order valence-electron chi connectivity index (χ0n) is 12.1. The van der Waals surface area contributed by atoms with Crippen molar-refractivity contribution in [2.24, 2.45) is 0 Å². The van der Waals surface area contributed by atoms with Crippen molar-refractivity contribution in [1.82, 2.24) is 0 Å². The molecule has 0 heterocycles. The Kier molecular flexibility index (Phi) is 13.6. The molecule has 0 amide bonds. The zero-order valence-corrected chi connectivity index (χ0v) is 12.1. The van der Waals surface area contributed by atoms with Crippen LogP contribution in [0.25, 0.3) is 0 Å². The van der Waals surface area contributed by atoms with Crippen LogP contribution in [0, 0.1) is 0 Å². The first kappa shape index (κ1) is 18.6. The quantitative estimate of drug-likeness (QED) is 0.477. The summed E-state index contributed by atoms with van der Waals surface area (Å²) in [6.07, 6.45) is 10.7. The number of hydrogen-bond acceptors (Lipinski definition) is 4. The second kappa shape index (κ2) is 14.0. The van der Waals surface area contributed by atoms with Crippen LogP contribution in [0.1, 0.15) is 64.7 Å². The summed E-state index contributed by atoms with van der Waals surface area (Å²) in [5.41, 5.74) is 0. The van der Waals surface area contributed by atoms with Gasteiger partial charge in [-0.3, -0.25) is 4.79 Å². The first-order valence-corrected chi connectivity index (χ1v) is 7.52. The van der Waals surface area contributed by atoms with E-state index in [-0.39, 0.29) is 13.2 Å².